The lowest BCUT2D eigenvalue weighted by atomic mass is 9.96. The lowest BCUT2D eigenvalue weighted by Crippen LogP contribution is -2.44. The van der Waals surface area contributed by atoms with Gasteiger partial charge in [-0.15, -0.1) is 0 Å². The molecule has 0 heterocycles. The average molecular weight is 352 g/mol. The van der Waals surface area contributed by atoms with Crippen molar-refractivity contribution in [2.24, 2.45) is 5.41 Å². The van der Waals surface area contributed by atoms with Crippen molar-refractivity contribution < 1.29 is 22.7 Å². The molecule has 1 aromatic carbocycles. The highest BCUT2D eigenvalue weighted by Gasteiger charge is 2.34. The number of hydrogen-bond acceptors (Lipinski definition) is 2. The van der Waals surface area contributed by atoms with E-state index < -0.39 is 30.7 Å². The van der Waals surface area contributed by atoms with Crippen molar-refractivity contribution >= 4 is 17.5 Å². The molecule has 1 rings (SSSR count). The van der Waals surface area contributed by atoms with Crippen molar-refractivity contribution in [2.45, 2.75) is 33.6 Å². The predicted molar refractivity (Wildman–Crippen MR) is 83.2 cm³/mol. The highest BCUT2D eigenvalue weighted by molar-refractivity contribution is 6.31. The third kappa shape index (κ3) is 8.23. The van der Waals surface area contributed by atoms with Gasteiger partial charge in [0, 0.05) is 11.6 Å². The zero-order valence-electron chi connectivity index (χ0n) is 13.4. The van der Waals surface area contributed by atoms with Gasteiger partial charge in [-0.05, 0) is 17.0 Å². The molecule has 0 aromatic heterocycles. The van der Waals surface area contributed by atoms with Crippen LogP contribution in [0.2, 0.25) is 5.02 Å². The Bertz CT molecular complexity index is 511. The summed E-state index contributed by atoms with van der Waals surface area (Å²) in [5.41, 5.74) is 0.240. The molecule has 0 aliphatic rings. The monoisotopic (exact) mass is 351 g/mol. The van der Waals surface area contributed by atoms with Crippen LogP contribution in [0.4, 0.5) is 13.2 Å². The van der Waals surface area contributed by atoms with Crippen LogP contribution in [0.1, 0.15) is 26.3 Å². The molecule has 130 valence electrons. The molecule has 0 saturated heterocycles. The van der Waals surface area contributed by atoms with Gasteiger partial charge >= 0.3 is 6.18 Å². The number of carbonyl (C=O) groups is 1. The third-order valence-corrected chi connectivity index (χ3v) is 3.20. The van der Waals surface area contributed by atoms with Crippen LogP contribution < -0.4 is 0 Å². The number of nitrogens with zero attached hydrogens (tertiary/aromatic N) is 1. The number of hydrogen-bond donors (Lipinski definition) is 0. The van der Waals surface area contributed by atoms with E-state index in [2.05, 4.69) is 0 Å². The number of halogens is 4. The predicted octanol–water partition coefficient (Wildman–Crippen LogP) is 4.29. The first-order chi connectivity index (χ1) is 10.5. The highest BCUT2D eigenvalue weighted by atomic mass is 35.5. The lowest BCUT2D eigenvalue weighted by molar-refractivity contribution is -0.166. The summed E-state index contributed by atoms with van der Waals surface area (Å²) in [4.78, 5) is 12.8. The van der Waals surface area contributed by atoms with Gasteiger partial charge in [-0.25, -0.2) is 0 Å². The topological polar surface area (TPSA) is 29.5 Å². The fraction of sp³-hybridized carbons (Fsp3) is 0.562. The molecule has 23 heavy (non-hydrogen) atoms. The van der Waals surface area contributed by atoms with Crippen molar-refractivity contribution in [3.8, 4) is 0 Å². The normalized spacial score (nSPS) is 12.3. The van der Waals surface area contributed by atoms with Crippen LogP contribution >= 0.6 is 11.6 Å². The molecular weight excluding hydrogens is 331 g/mol. The van der Waals surface area contributed by atoms with Gasteiger partial charge in [-0.1, -0.05) is 50.6 Å². The number of benzene rings is 1. The third-order valence-electron chi connectivity index (χ3n) is 2.83. The molecule has 0 unspecified atom stereocenters. The van der Waals surface area contributed by atoms with Crippen LogP contribution in [0.25, 0.3) is 0 Å². The van der Waals surface area contributed by atoms with Gasteiger partial charge in [0.05, 0.1) is 6.61 Å². The van der Waals surface area contributed by atoms with Crippen molar-refractivity contribution in [1.82, 2.24) is 4.90 Å². The summed E-state index contributed by atoms with van der Waals surface area (Å²) in [6, 6.07) is 6.93. The molecule has 0 spiro atoms. The van der Waals surface area contributed by atoms with Crippen LogP contribution in [0.3, 0.4) is 0 Å². The SMILES string of the molecule is CC(C)(C)CN(CC(F)(F)F)C(=O)COCc1ccccc1Cl. The van der Waals surface area contributed by atoms with Gasteiger partial charge in [0.2, 0.25) is 5.91 Å². The van der Waals surface area contributed by atoms with Crippen molar-refractivity contribution in [3.05, 3.63) is 34.9 Å². The van der Waals surface area contributed by atoms with Crippen LogP contribution in [-0.4, -0.2) is 36.7 Å². The number of alkyl halides is 3. The fourth-order valence-corrected chi connectivity index (χ4v) is 2.17. The van der Waals surface area contributed by atoms with E-state index in [-0.39, 0.29) is 13.2 Å². The second-order valence-corrected chi connectivity index (χ2v) is 6.92. The second kappa shape index (κ2) is 8.02. The molecule has 3 nitrogen and oxygen atoms in total. The summed E-state index contributed by atoms with van der Waals surface area (Å²) < 4.78 is 43.1. The molecule has 0 radical (unpaired) electrons. The maximum atomic E-state index is 12.6. The van der Waals surface area contributed by atoms with E-state index in [1.54, 1.807) is 45.0 Å². The van der Waals surface area contributed by atoms with Crippen molar-refractivity contribution in [3.63, 3.8) is 0 Å². The molecule has 0 saturated carbocycles. The van der Waals surface area contributed by atoms with Gasteiger partial charge in [-0.3, -0.25) is 4.79 Å². The van der Waals surface area contributed by atoms with E-state index in [1.165, 1.54) is 0 Å². The molecule has 0 atom stereocenters. The summed E-state index contributed by atoms with van der Waals surface area (Å²) in [6.45, 7) is 3.69. The molecular formula is C16H21ClF3NO2. The standard InChI is InChI=1S/C16H21ClF3NO2/c1-15(2,3)10-21(11-16(18,19)20)14(22)9-23-8-12-6-4-5-7-13(12)17/h4-7H,8-11H2,1-3H3. The number of carbonyl (C=O) groups excluding carboxylic acids is 1. The van der Waals surface area contributed by atoms with Crippen LogP contribution in [-0.2, 0) is 16.1 Å². The maximum Gasteiger partial charge on any atom is 0.406 e. The van der Waals surface area contributed by atoms with E-state index in [9.17, 15) is 18.0 Å². The zero-order valence-corrected chi connectivity index (χ0v) is 14.2. The van der Waals surface area contributed by atoms with Gasteiger partial charge in [0.1, 0.15) is 13.2 Å². The highest BCUT2D eigenvalue weighted by Crippen LogP contribution is 2.22. The molecule has 0 aliphatic carbocycles. The Balaban J connectivity index is 2.61. The van der Waals surface area contributed by atoms with Crippen molar-refractivity contribution in [2.75, 3.05) is 19.7 Å². The Hall–Kier alpha value is -1.27. The fourth-order valence-electron chi connectivity index (χ4n) is 1.98. The number of rotatable bonds is 6. The summed E-state index contributed by atoms with van der Waals surface area (Å²) in [5, 5.41) is 0.488. The summed E-state index contributed by atoms with van der Waals surface area (Å²) in [7, 11) is 0. The zero-order chi connectivity index (χ0) is 17.7. The molecule has 0 bridgehead atoms. The summed E-state index contributed by atoms with van der Waals surface area (Å²) in [6.07, 6.45) is -4.44. The van der Waals surface area contributed by atoms with Gasteiger partial charge in [-0.2, -0.15) is 13.2 Å². The minimum Gasteiger partial charge on any atom is -0.367 e. The van der Waals surface area contributed by atoms with Gasteiger partial charge in [0.15, 0.2) is 0 Å². The molecule has 1 aromatic rings. The Morgan fingerprint density at radius 1 is 1.17 bits per heavy atom. The van der Waals surface area contributed by atoms with E-state index >= 15 is 0 Å². The summed E-state index contributed by atoms with van der Waals surface area (Å²) >= 11 is 5.95. The van der Waals surface area contributed by atoms with E-state index in [0.717, 1.165) is 4.90 Å². The molecule has 0 aliphatic heterocycles. The molecule has 0 fully saturated rings. The van der Waals surface area contributed by atoms with Crippen LogP contribution in [0, 0.1) is 5.41 Å². The minimum atomic E-state index is -4.44. The van der Waals surface area contributed by atoms with E-state index in [4.69, 9.17) is 16.3 Å². The Morgan fingerprint density at radius 2 is 1.78 bits per heavy atom. The molecule has 0 N–H and O–H groups in total. The van der Waals surface area contributed by atoms with Gasteiger partial charge in [0.25, 0.3) is 0 Å². The first kappa shape index (κ1) is 19.8. The van der Waals surface area contributed by atoms with E-state index in [1.807, 2.05) is 0 Å². The quantitative estimate of drug-likeness (QED) is 0.765. The number of ether oxygens (including phenoxy) is 1. The Morgan fingerprint density at radius 3 is 2.30 bits per heavy atom. The Kier molecular flexibility index (Phi) is 6.89. The second-order valence-electron chi connectivity index (χ2n) is 6.51. The smallest absolute Gasteiger partial charge is 0.367 e. The summed E-state index contributed by atoms with van der Waals surface area (Å²) in [5.74, 6) is -0.690. The Labute approximate surface area is 139 Å². The van der Waals surface area contributed by atoms with Crippen molar-refractivity contribution in [1.29, 1.82) is 0 Å². The average Bonchev–Trinajstić information content (AvgIpc) is 2.37. The van der Waals surface area contributed by atoms with Crippen LogP contribution in [0.15, 0.2) is 24.3 Å². The molecule has 1 amide bonds. The van der Waals surface area contributed by atoms with Gasteiger partial charge < -0.3 is 9.64 Å². The minimum absolute atomic E-state index is 0.000790. The largest absolute Gasteiger partial charge is 0.406 e. The lowest BCUT2D eigenvalue weighted by Gasteiger charge is -2.30. The first-order valence-corrected chi connectivity index (χ1v) is 7.51. The first-order valence-electron chi connectivity index (χ1n) is 7.14. The maximum absolute atomic E-state index is 12.6. The molecule has 7 heteroatoms. The van der Waals surface area contributed by atoms with E-state index in [0.29, 0.717) is 10.6 Å². The number of amides is 1. The van der Waals surface area contributed by atoms with Crippen LogP contribution in [0.5, 0.6) is 0 Å².